The van der Waals surface area contributed by atoms with E-state index in [1.807, 2.05) is 0 Å². The Morgan fingerprint density at radius 3 is 1.69 bits per heavy atom. The minimum Gasteiger partial charge on any atom is -0.409 e. The zero-order valence-corrected chi connectivity index (χ0v) is 30.2. The smallest absolute Gasteiger partial charge is 0.353 e. The first-order valence-electron chi connectivity index (χ1n) is 14.3. The quantitative estimate of drug-likeness (QED) is 0.0679. The minimum absolute atomic E-state index is 0.0601. The summed E-state index contributed by atoms with van der Waals surface area (Å²) in [4.78, 5) is 0. The molecule has 0 bridgehead atoms. The van der Waals surface area contributed by atoms with Crippen molar-refractivity contribution in [3.8, 4) is 12.3 Å². The molecule has 0 radical (unpaired) electrons. The van der Waals surface area contributed by atoms with Gasteiger partial charge in [0.05, 0.1) is 13.2 Å². The van der Waals surface area contributed by atoms with Crippen LogP contribution in [0.5, 0.6) is 0 Å². The van der Waals surface area contributed by atoms with Gasteiger partial charge in [-0.15, -0.1) is 6.42 Å². The van der Waals surface area contributed by atoms with Gasteiger partial charge < -0.3 is 31.8 Å². The summed E-state index contributed by atoms with van der Waals surface area (Å²) in [5.41, 5.74) is 0. The summed E-state index contributed by atoms with van der Waals surface area (Å²) in [7, 11) is -9.74. The highest BCUT2D eigenvalue weighted by Crippen LogP contribution is 2.50. The molecule has 1 heterocycles. The third kappa shape index (κ3) is 15.1. The van der Waals surface area contributed by atoms with Crippen LogP contribution in [0.4, 0.5) is 0 Å². The van der Waals surface area contributed by atoms with Crippen LogP contribution in [0.3, 0.4) is 0 Å². The highest BCUT2D eigenvalue weighted by atomic mass is 31.2. The average Bonchev–Trinajstić information content (AvgIpc) is 2.78. The number of terminal acetylenes is 1. The standard InChI is InChI=1S/C27H55O8PSi3/c1-13-16-20-30-36(28,31-21-17-14-2)22-18-23-24(33-37(4,5)6)25(34-38(7,8)9)26(35-39(10,11)12)27(32-23)29-19-15-3/h3,18,22-27H,13-14,16-17,19-21H2,1-2,4-12H3/b22-18+/t23?,24-,25?,26-,27+/m1/s1. The first-order valence-corrected chi connectivity index (χ1v) is 26.1. The number of ether oxygens (including phenoxy) is 2. The van der Waals surface area contributed by atoms with Gasteiger partial charge >= 0.3 is 7.60 Å². The first-order chi connectivity index (χ1) is 17.9. The molecule has 0 aromatic heterocycles. The number of unbranched alkanes of at least 4 members (excludes halogenated alkanes) is 2. The van der Waals surface area contributed by atoms with Crippen molar-refractivity contribution >= 4 is 32.5 Å². The van der Waals surface area contributed by atoms with Gasteiger partial charge in [-0.2, -0.15) is 0 Å². The predicted molar refractivity (Wildman–Crippen MR) is 167 cm³/mol. The molecular formula is C27H55O8PSi3. The van der Waals surface area contributed by atoms with Gasteiger partial charge in [0, 0.05) is 5.82 Å². The molecule has 8 nitrogen and oxygen atoms in total. The Balaban J connectivity index is 3.56. The summed E-state index contributed by atoms with van der Waals surface area (Å²) < 4.78 is 57.9. The van der Waals surface area contributed by atoms with E-state index in [0.717, 1.165) is 25.7 Å². The summed E-state index contributed by atoms with van der Waals surface area (Å²) in [6.45, 7) is 24.0. The molecule has 12 heteroatoms. The van der Waals surface area contributed by atoms with Crippen molar-refractivity contribution in [3.63, 3.8) is 0 Å². The Kier molecular flexibility index (Phi) is 15.6. The normalized spacial score (nSPS) is 25.2. The molecule has 5 atom stereocenters. The Hall–Kier alpha value is -0.0994. The van der Waals surface area contributed by atoms with Gasteiger partial charge in [-0.25, -0.2) is 0 Å². The molecule has 39 heavy (non-hydrogen) atoms. The van der Waals surface area contributed by atoms with Crippen molar-refractivity contribution in [3.05, 3.63) is 11.9 Å². The second kappa shape index (κ2) is 16.5. The molecular weight excluding hydrogens is 568 g/mol. The van der Waals surface area contributed by atoms with Gasteiger partial charge in [-0.05, 0) is 77.8 Å². The molecule has 0 spiro atoms. The Bertz CT molecular complexity index is 815. The summed E-state index contributed by atoms with van der Waals surface area (Å²) in [6.07, 6.45) is 7.79. The number of rotatable bonds is 18. The fourth-order valence-corrected chi connectivity index (χ4v) is 8.48. The molecule has 1 aliphatic rings. The van der Waals surface area contributed by atoms with Gasteiger partial charge in [0.15, 0.2) is 31.2 Å². The van der Waals surface area contributed by atoms with Crippen molar-refractivity contribution in [1.29, 1.82) is 0 Å². The fraction of sp³-hybridized carbons (Fsp3) is 0.852. The molecule has 0 aliphatic carbocycles. The zero-order chi connectivity index (χ0) is 29.9. The van der Waals surface area contributed by atoms with E-state index in [1.54, 1.807) is 6.08 Å². The topological polar surface area (TPSA) is 81.7 Å². The maximum atomic E-state index is 13.7. The highest BCUT2D eigenvalue weighted by Gasteiger charge is 2.51. The van der Waals surface area contributed by atoms with Gasteiger partial charge in [0.1, 0.15) is 31.0 Å². The van der Waals surface area contributed by atoms with Crippen molar-refractivity contribution in [2.45, 2.75) is 129 Å². The lowest BCUT2D eigenvalue weighted by atomic mass is 9.99. The van der Waals surface area contributed by atoms with Crippen LogP contribution in [0.15, 0.2) is 11.9 Å². The molecule has 1 rings (SSSR count). The summed E-state index contributed by atoms with van der Waals surface area (Å²) in [5.74, 6) is 4.05. The lowest BCUT2D eigenvalue weighted by molar-refractivity contribution is -0.273. The fourth-order valence-electron chi connectivity index (χ4n) is 3.86. The lowest BCUT2D eigenvalue weighted by Crippen LogP contribution is -2.65. The van der Waals surface area contributed by atoms with Gasteiger partial charge in [-0.1, -0.05) is 32.6 Å². The molecule has 1 fully saturated rings. The molecule has 228 valence electrons. The molecule has 0 aromatic carbocycles. The van der Waals surface area contributed by atoms with E-state index in [1.165, 1.54) is 5.82 Å². The van der Waals surface area contributed by atoms with Gasteiger partial charge in [0.25, 0.3) is 0 Å². The maximum absolute atomic E-state index is 13.7. The molecule has 1 saturated heterocycles. The molecule has 0 saturated carbocycles. The van der Waals surface area contributed by atoms with Crippen LogP contribution in [0, 0.1) is 12.3 Å². The molecule has 0 N–H and O–H groups in total. The third-order valence-corrected chi connectivity index (χ3v) is 9.89. The lowest BCUT2D eigenvalue weighted by Gasteiger charge is -2.50. The summed E-state index contributed by atoms with van der Waals surface area (Å²) >= 11 is 0. The van der Waals surface area contributed by atoms with Crippen LogP contribution in [0.2, 0.25) is 58.9 Å². The van der Waals surface area contributed by atoms with E-state index in [4.69, 9.17) is 38.2 Å². The van der Waals surface area contributed by atoms with Crippen LogP contribution in [-0.2, 0) is 36.4 Å². The van der Waals surface area contributed by atoms with E-state index in [2.05, 4.69) is 78.7 Å². The van der Waals surface area contributed by atoms with Gasteiger partial charge in [-0.3, -0.25) is 4.57 Å². The maximum Gasteiger partial charge on any atom is 0.353 e. The van der Waals surface area contributed by atoms with Crippen LogP contribution in [0.1, 0.15) is 39.5 Å². The second-order valence-corrected chi connectivity index (χ2v) is 28.1. The van der Waals surface area contributed by atoms with Crippen molar-refractivity contribution in [2.75, 3.05) is 19.8 Å². The summed E-state index contributed by atoms with van der Waals surface area (Å²) in [6, 6.07) is 0. The monoisotopic (exact) mass is 622 g/mol. The molecule has 0 aromatic rings. The zero-order valence-electron chi connectivity index (χ0n) is 26.3. The van der Waals surface area contributed by atoms with Crippen LogP contribution < -0.4 is 0 Å². The Labute approximate surface area is 241 Å². The van der Waals surface area contributed by atoms with Crippen LogP contribution in [0.25, 0.3) is 0 Å². The number of hydrogen-bond donors (Lipinski definition) is 0. The van der Waals surface area contributed by atoms with E-state index >= 15 is 0 Å². The molecule has 2 unspecified atom stereocenters. The molecule has 1 aliphatic heterocycles. The van der Waals surface area contributed by atoms with Crippen molar-refractivity contribution < 1.29 is 36.4 Å². The van der Waals surface area contributed by atoms with Crippen LogP contribution in [-0.4, -0.2) is 75.5 Å². The van der Waals surface area contributed by atoms with E-state index in [-0.39, 0.29) is 6.61 Å². The van der Waals surface area contributed by atoms with E-state index < -0.39 is 63.3 Å². The van der Waals surface area contributed by atoms with Crippen molar-refractivity contribution in [1.82, 2.24) is 0 Å². The van der Waals surface area contributed by atoms with Crippen molar-refractivity contribution in [2.24, 2.45) is 0 Å². The number of hydrogen-bond acceptors (Lipinski definition) is 8. The SMILES string of the molecule is C#CCO[C@H]1OC(/C=C/P(=O)(OCCCC)OCCCC)[C@@H](O[Si](C)(C)C)C(O[Si](C)(C)C)[C@H]1O[Si](C)(C)C. The van der Waals surface area contributed by atoms with Crippen LogP contribution >= 0.6 is 7.60 Å². The summed E-state index contributed by atoms with van der Waals surface area (Å²) in [5, 5.41) is 0. The third-order valence-electron chi connectivity index (χ3n) is 5.33. The highest BCUT2D eigenvalue weighted by molar-refractivity contribution is 7.57. The minimum atomic E-state index is -3.51. The van der Waals surface area contributed by atoms with E-state index in [0.29, 0.717) is 13.2 Å². The van der Waals surface area contributed by atoms with E-state index in [9.17, 15) is 4.57 Å². The first kappa shape index (κ1) is 36.9. The van der Waals surface area contributed by atoms with Gasteiger partial charge in [0.2, 0.25) is 0 Å². The average molecular weight is 623 g/mol. The Morgan fingerprint density at radius 1 is 0.795 bits per heavy atom. The molecule has 0 amide bonds. The predicted octanol–water partition coefficient (Wildman–Crippen LogP) is 7.36. The second-order valence-electron chi connectivity index (χ2n) is 12.8. The Morgan fingerprint density at radius 2 is 1.26 bits per heavy atom. The largest absolute Gasteiger partial charge is 0.409 e.